The number of ether oxygens (including phenoxy) is 2. The number of rotatable bonds is 4. The molecular formula is C21H19NO4. The van der Waals surface area contributed by atoms with Crippen molar-refractivity contribution in [1.29, 1.82) is 0 Å². The molecule has 2 heterocycles. The van der Waals surface area contributed by atoms with E-state index in [1.165, 1.54) is 0 Å². The summed E-state index contributed by atoms with van der Waals surface area (Å²) in [5.74, 6) is 2.43. The Morgan fingerprint density at radius 2 is 1.92 bits per heavy atom. The first-order chi connectivity index (χ1) is 12.7. The van der Waals surface area contributed by atoms with Crippen molar-refractivity contribution in [3.05, 3.63) is 59.4 Å². The van der Waals surface area contributed by atoms with Crippen LogP contribution in [0.15, 0.2) is 46.9 Å². The molecule has 1 aromatic heterocycles. The normalized spacial score (nSPS) is 15.4. The van der Waals surface area contributed by atoms with Gasteiger partial charge in [0.1, 0.15) is 11.3 Å². The van der Waals surface area contributed by atoms with Gasteiger partial charge in [-0.05, 0) is 61.7 Å². The van der Waals surface area contributed by atoms with Crippen molar-refractivity contribution in [3.63, 3.8) is 0 Å². The zero-order valence-electron chi connectivity index (χ0n) is 14.5. The Morgan fingerprint density at radius 3 is 2.77 bits per heavy atom. The summed E-state index contributed by atoms with van der Waals surface area (Å²) in [6, 6.07) is 13.8. The summed E-state index contributed by atoms with van der Waals surface area (Å²) >= 11 is 0. The monoisotopic (exact) mass is 349 g/mol. The average Bonchev–Trinajstić information content (AvgIpc) is 3.24. The summed E-state index contributed by atoms with van der Waals surface area (Å²) in [6.07, 6.45) is 2.12. The second-order valence-corrected chi connectivity index (χ2v) is 6.96. The van der Waals surface area contributed by atoms with E-state index in [0.29, 0.717) is 18.2 Å². The SMILES string of the molecule is Cc1cc2cc(C(=O)N(Cc3ccc4c(c3)OCO4)C3CC3)ccc2o1. The van der Waals surface area contributed by atoms with Crippen LogP contribution in [0.3, 0.4) is 0 Å². The molecule has 26 heavy (non-hydrogen) atoms. The van der Waals surface area contributed by atoms with E-state index in [1.54, 1.807) is 0 Å². The minimum absolute atomic E-state index is 0.0610. The highest BCUT2D eigenvalue weighted by Gasteiger charge is 2.33. The van der Waals surface area contributed by atoms with Gasteiger partial charge >= 0.3 is 0 Å². The third kappa shape index (κ3) is 2.69. The molecule has 1 saturated carbocycles. The largest absolute Gasteiger partial charge is 0.461 e. The van der Waals surface area contributed by atoms with E-state index >= 15 is 0 Å². The van der Waals surface area contributed by atoms with Crippen molar-refractivity contribution in [2.45, 2.75) is 32.4 Å². The van der Waals surface area contributed by atoms with Gasteiger partial charge in [-0.3, -0.25) is 4.79 Å². The molecule has 3 aromatic rings. The van der Waals surface area contributed by atoms with Gasteiger partial charge in [0, 0.05) is 23.5 Å². The number of hydrogen-bond donors (Lipinski definition) is 0. The summed E-state index contributed by atoms with van der Waals surface area (Å²) in [7, 11) is 0. The second kappa shape index (κ2) is 5.80. The molecule has 1 amide bonds. The molecule has 5 heteroatoms. The second-order valence-electron chi connectivity index (χ2n) is 6.96. The van der Waals surface area contributed by atoms with Crippen LogP contribution in [0.2, 0.25) is 0 Å². The average molecular weight is 349 g/mol. The number of aryl methyl sites for hydroxylation is 1. The molecule has 132 valence electrons. The summed E-state index contributed by atoms with van der Waals surface area (Å²) in [4.78, 5) is 15.1. The molecule has 2 aromatic carbocycles. The van der Waals surface area contributed by atoms with Crippen LogP contribution in [0.1, 0.15) is 34.5 Å². The Kier molecular flexibility index (Phi) is 3.42. The maximum Gasteiger partial charge on any atom is 0.254 e. The van der Waals surface area contributed by atoms with Crippen LogP contribution in [0.4, 0.5) is 0 Å². The minimum Gasteiger partial charge on any atom is -0.461 e. The number of hydrogen-bond acceptors (Lipinski definition) is 4. The van der Waals surface area contributed by atoms with Crippen molar-refractivity contribution in [2.24, 2.45) is 0 Å². The lowest BCUT2D eigenvalue weighted by molar-refractivity contribution is 0.0730. The lowest BCUT2D eigenvalue weighted by atomic mass is 10.1. The molecule has 0 spiro atoms. The number of nitrogens with zero attached hydrogens (tertiary/aromatic N) is 1. The van der Waals surface area contributed by atoms with Crippen molar-refractivity contribution in [2.75, 3.05) is 6.79 Å². The van der Waals surface area contributed by atoms with E-state index in [9.17, 15) is 4.79 Å². The lowest BCUT2D eigenvalue weighted by Gasteiger charge is -2.23. The first kappa shape index (κ1) is 15.3. The molecule has 0 atom stereocenters. The summed E-state index contributed by atoms with van der Waals surface area (Å²) in [5, 5.41) is 0.965. The number of fused-ring (bicyclic) bond motifs is 2. The Balaban J connectivity index is 1.43. The van der Waals surface area contributed by atoms with Gasteiger partial charge in [-0.1, -0.05) is 6.07 Å². The fourth-order valence-corrected chi connectivity index (χ4v) is 3.46. The zero-order valence-corrected chi connectivity index (χ0v) is 14.5. The highest BCUT2D eigenvalue weighted by molar-refractivity contribution is 5.98. The lowest BCUT2D eigenvalue weighted by Crippen LogP contribution is -2.32. The number of amides is 1. The van der Waals surface area contributed by atoms with Gasteiger partial charge in [0.25, 0.3) is 5.91 Å². The van der Waals surface area contributed by atoms with Crippen LogP contribution in [0, 0.1) is 6.92 Å². The molecule has 0 unspecified atom stereocenters. The minimum atomic E-state index is 0.0610. The molecule has 1 aliphatic heterocycles. The van der Waals surface area contributed by atoms with E-state index < -0.39 is 0 Å². The quantitative estimate of drug-likeness (QED) is 0.706. The maximum absolute atomic E-state index is 13.2. The van der Waals surface area contributed by atoms with E-state index in [-0.39, 0.29) is 12.7 Å². The maximum atomic E-state index is 13.2. The molecular weight excluding hydrogens is 330 g/mol. The first-order valence-corrected chi connectivity index (χ1v) is 8.87. The topological polar surface area (TPSA) is 51.9 Å². The van der Waals surface area contributed by atoms with Gasteiger partial charge < -0.3 is 18.8 Å². The molecule has 1 fully saturated rings. The van der Waals surface area contributed by atoms with E-state index in [1.807, 2.05) is 54.3 Å². The third-order valence-electron chi connectivity index (χ3n) is 4.92. The first-order valence-electron chi connectivity index (χ1n) is 8.87. The van der Waals surface area contributed by atoms with Crippen LogP contribution >= 0.6 is 0 Å². The number of benzene rings is 2. The van der Waals surface area contributed by atoms with Gasteiger partial charge in [0.15, 0.2) is 11.5 Å². The highest BCUT2D eigenvalue weighted by Crippen LogP contribution is 2.35. The molecule has 0 saturated heterocycles. The van der Waals surface area contributed by atoms with Gasteiger partial charge in [-0.15, -0.1) is 0 Å². The predicted molar refractivity (Wildman–Crippen MR) is 96.4 cm³/mol. The van der Waals surface area contributed by atoms with E-state index in [4.69, 9.17) is 13.9 Å². The smallest absolute Gasteiger partial charge is 0.254 e. The molecule has 5 nitrogen and oxygen atoms in total. The van der Waals surface area contributed by atoms with Crippen LogP contribution in [0.25, 0.3) is 11.0 Å². The van der Waals surface area contributed by atoms with E-state index in [2.05, 4.69) is 0 Å². The summed E-state index contributed by atoms with van der Waals surface area (Å²) in [5.41, 5.74) is 2.56. The molecule has 1 aliphatic carbocycles. The van der Waals surface area contributed by atoms with Crippen LogP contribution < -0.4 is 9.47 Å². The molecule has 2 aliphatic rings. The van der Waals surface area contributed by atoms with Crippen molar-refractivity contribution < 1.29 is 18.7 Å². The summed E-state index contributed by atoms with van der Waals surface area (Å²) in [6.45, 7) is 2.74. The van der Waals surface area contributed by atoms with Gasteiger partial charge in [-0.2, -0.15) is 0 Å². The van der Waals surface area contributed by atoms with Crippen molar-refractivity contribution >= 4 is 16.9 Å². The van der Waals surface area contributed by atoms with Gasteiger partial charge in [0.05, 0.1) is 0 Å². The Morgan fingerprint density at radius 1 is 1.08 bits per heavy atom. The highest BCUT2D eigenvalue weighted by atomic mass is 16.7. The third-order valence-corrected chi connectivity index (χ3v) is 4.92. The Hall–Kier alpha value is -2.95. The fourth-order valence-electron chi connectivity index (χ4n) is 3.46. The number of carbonyl (C=O) groups is 1. The van der Waals surface area contributed by atoms with Crippen molar-refractivity contribution in [3.8, 4) is 11.5 Å². The van der Waals surface area contributed by atoms with Gasteiger partial charge in [-0.25, -0.2) is 0 Å². The molecule has 0 bridgehead atoms. The van der Waals surface area contributed by atoms with Gasteiger partial charge in [0.2, 0.25) is 6.79 Å². The number of carbonyl (C=O) groups excluding carboxylic acids is 1. The Bertz CT molecular complexity index is 1000. The van der Waals surface area contributed by atoms with Crippen LogP contribution in [0.5, 0.6) is 11.5 Å². The van der Waals surface area contributed by atoms with Crippen molar-refractivity contribution in [1.82, 2.24) is 4.90 Å². The van der Waals surface area contributed by atoms with Crippen LogP contribution in [-0.2, 0) is 6.54 Å². The standard InChI is InChI=1S/C21H19NO4/c1-13-8-16-10-15(3-7-18(16)26-13)21(23)22(17-4-5-17)11-14-2-6-19-20(9-14)25-12-24-19/h2-3,6-10,17H,4-5,11-12H2,1H3. The molecule has 0 radical (unpaired) electrons. The Labute approximate surface area is 151 Å². The summed E-state index contributed by atoms with van der Waals surface area (Å²) < 4.78 is 16.4. The van der Waals surface area contributed by atoms with E-state index in [0.717, 1.165) is 46.6 Å². The fraction of sp³-hybridized carbons (Fsp3) is 0.286. The number of furan rings is 1. The predicted octanol–water partition coefficient (Wildman–Crippen LogP) is 4.27. The van der Waals surface area contributed by atoms with Crippen LogP contribution in [-0.4, -0.2) is 23.6 Å². The zero-order chi connectivity index (χ0) is 17.7. The molecule has 5 rings (SSSR count). The molecule has 0 N–H and O–H groups in total.